The Morgan fingerprint density at radius 3 is 2.69 bits per heavy atom. The minimum Gasteiger partial charge on any atom is -0.481 e. The van der Waals surface area contributed by atoms with Gasteiger partial charge in [-0.2, -0.15) is 0 Å². The molecule has 0 aliphatic rings. The average Bonchev–Trinajstić information content (AvgIpc) is 2.11. The van der Waals surface area contributed by atoms with Crippen LogP contribution >= 0.6 is 35.5 Å². The van der Waals surface area contributed by atoms with E-state index >= 15 is 0 Å². The van der Waals surface area contributed by atoms with Crippen LogP contribution in [-0.2, 0) is 8.98 Å². The lowest BCUT2D eigenvalue weighted by molar-refractivity contribution is -0.137. The largest absolute Gasteiger partial charge is 0.481 e. The second kappa shape index (κ2) is 7.87. The molecule has 0 saturated carbocycles. The van der Waals surface area contributed by atoms with Gasteiger partial charge in [-0.3, -0.25) is 4.79 Å². The number of carbonyl (C=O) groups is 1. The van der Waals surface area contributed by atoms with Gasteiger partial charge in [0.05, 0.1) is 6.10 Å². The van der Waals surface area contributed by atoms with E-state index in [1.807, 2.05) is 0 Å². The summed E-state index contributed by atoms with van der Waals surface area (Å²) < 4.78 is 5.98. The second-order valence-corrected chi connectivity index (χ2v) is 4.15. The van der Waals surface area contributed by atoms with Gasteiger partial charge in [0.15, 0.2) is 0 Å². The van der Waals surface area contributed by atoms with Gasteiger partial charge in [-0.05, 0) is 31.7 Å². The summed E-state index contributed by atoms with van der Waals surface area (Å²) in [4.78, 5) is 10.2. The van der Waals surface area contributed by atoms with Crippen LogP contribution < -0.4 is 0 Å². The van der Waals surface area contributed by atoms with Crippen molar-refractivity contribution in [1.82, 2.24) is 0 Å². The minimum absolute atomic E-state index is 0.0691. The Hall–Kier alpha value is 0.510. The number of aliphatic carboxylic acids is 1. The van der Waals surface area contributed by atoms with E-state index in [4.69, 9.17) is 9.29 Å². The van der Waals surface area contributed by atoms with Gasteiger partial charge < -0.3 is 9.29 Å². The molecule has 0 aliphatic carbocycles. The van der Waals surface area contributed by atoms with Crippen LogP contribution in [0.1, 0.15) is 26.2 Å². The fourth-order valence-electron chi connectivity index (χ4n) is 0.995. The van der Waals surface area contributed by atoms with Crippen molar-refractivity contribution in [3.63, 3.8) is 0 Å². The Kier molecular flexibility index (Phi) is 8.18. The topological polar surface area (TPSA) is 46.5 Å². The summed E-state index contributed by atoms with van der Waals surface area (Å²) >= 11 is 6.07. The Bertz CT molecular complexity index is 154. The number of halogens is 1. The predicted octanol–water partition coefficient (Wildman–Crippen LogP) is 2.54. The Labute approximate surface area is 98.0 Å². The van der Waals surface area contributed by atoms with E-state index in [-0.39, 0.29) is 12.5 Å². The van der Waals surface area contributed by atoms with E-state index in [9.17, 15) is 4.79 Å². The smallest absolute Gasteiger partial charge is 0.303 e. The van der Waals surface area contributed by atoms with Crippen LogP contribution in [0.15, 0.2) is 0 Å². The van der Waals surface area contributed by atoms with Crippen molar-refractivity contribution in [1.29, 1.82) is 0 Å². The van der Waals surface area contributed by atoms with Gasteiger partial charge in [0.25, 0.3) is 0 Å². The van der Waals surface area contributed by atoms with Crippen molar-refractivity contribution in [2.75, 3.05) is 4.43 Å². The molecule has 13 heavy (non-hydrogen) atoms. The predicted molar refractivity (Wildman–Crippen MR) is 63.4 cm³/mol. The summed E-state index contributed by atoms with van der Waals surface area (Å²) in [5.41, 5.74) is 0. The Morgan fingerprint density at radius 1 is 1.69 bits per heavy atom. The maximum atomic E-state index is 10.2. The van der Waals surface area contributed by atoms with E-state index in [1.165, 1.54) is 0 Å². The van der Waals surface area contributed by atoms with Gasteiger partial charge in [0.2, 0.25) is 0 Å². The standard InChI is InChI=1S/C8H15IO3S/c1-6(5-9)7(12-13)3-2-4-8(10)11/h6-7,13H,2-5H2,1H3,(H,10,11)/t6-,7-/m0/s1. The molecule has 0 saturated heterocycles. The lowest BCUT2D eigenvalue weighted by Crippen LogP contribution is -2.20. The highest BCUT2D eigenvalue weighted by Crippen LogP contribution is 2.17. The van der Waals surface area contributed by atoms with Crippen molar-refractivity contribution in [3.05, 3.63) is 0 Å². The fraction of sp³-hybridized carbons (Fsp3) is 0.875. The SMILES string of the molecule is C[C@@H](CI)[C@H](CCCC(=O)O)OS. The molecule has 0 unspecified atom stereocenters. The molecule has 1 N–H and O–H groups in total. The van der Waals surface area contributed by atoms with Gasteiger partial charge >= 0.3 is 5.97 Å². The first-order valence-corrected chi connectivity index (χ1v) is 6.08. The second-order valence-electron chi connectivity index (χ2n) is 3.06. The van der Waals surface area contributed by atoms with Gasteiger partial charge in [0.1, 0.15) is 0 Å². The maximum Gasteiger partial charge on any atom is 0.303 e. The van der Waals surface area contributed by atoms with Gasteiger partial charge in [-0.25, -0.2) is 0 Å². The molecule has 0 bridgehead atoms. The minimum atomic E-state index is -0.750. The van der Waals surface area contributed by atoms with Gasteiger partial charge in [0, 0.05) is 10.8 Å². The number of hydrogen-bond donors (Lipinski definition) is 2. The van der Waals surface area contributed by atoms with Crippen LogP contribution in [-0.4, -0.2) is 21.6 Å². The molecule has 78 valence electrons. The third-order valence-electron chi connectivity index (χ3n) is 1.89. The normalized spacial score (nSPS) is 15.3. The number of hydrogen-bond acceptors (Lipinski definition) is 3. The van der Waals surface area contributed by atoms with Crippen LogP contribution in [0.5, 0.6) is 0 Å². The first-order chi connectivity index (χ1) is 6.11. The van der Waals surface area contributed by atoms with Crippen LogP contribution in [0.4, 0.5) is 0 Å². The maximum absolute atomic E-state index is 10.2. The first-order valence-electron chi connectivity index (χ1n) is 4.19. The average molecular weight is 318 g/mol. The molecule has 0 rings (SSSR count). The van der Waals surface area contributed by atoms with E-state index in [0.717, 1.165) is 10.8 Å². The van der Waals surface area contributed by atoms with Crippen LogP contribution in [0.25, 0.3) is 0 Å². The third-order valence-corrected chi connectivity index (χ3v) is 3.55. The fourth-order valence-corrected chi connectivity index (χ4v) is 1.88. The summed E-state index contributed by atoms with van der Waals surface area (Å²) in [6.07, 6.45) is 1.70. The molecule has 5 heteroatoms. The van der Waals surface area contributed by atoms with Crippen molar-refractivity contribution in [2.24, 2.45) is 5.92 Å². The highest BCUT2D eigenvalue weighted by Gasteiger charge is 2.16. The van der Waals surface area contributed by atoms with Gasteiger partial charge in [-0.15, -0.1) is 0 Å². The molecule has 0 radical (unpaired) electrons. The molecule has 0 spiro atoms. The van der Waals surface area contributed by atoms with Crippen LogP contribution in [0, 0.1) is 5.92 Å². The zero-order chi connectivity index (χ0) is 10.3. The number of rotatable bonds is 7. The summed E-state index contributed by atoms with van der Waals surface area (Å²) in [7, 11) is 0. The molecule has 0 aromatic carbocycles. The first kappa shape index (κ1) is 13.5. The highest BCUT2D eigenvalue weighted by atomic mass is 127. The van der Waals surface area contributed by atoms with Crippen molar-refractivity contribution >= 4 is 41.5 Å². The highest BCUT2D eigenvalue weighted by molar-refractivity contribution is 14.1. The number of thiol groups is 1. The lowest BCUT2D eigenvalue weighted by Gasteiger charge is -2.19. The monoisotopic (exact) mass is 318 g/mol. The molecule has 0 fully saturated rings. The van der Waals surface area contributed by atoms with Crippen molar-refractivity contribution in [3.8, 4) is 0 Å². The summed E-state index contributed by atoms with van der Waals surface area (Å²) in [5.74, 6) is -0.327. The van der Waals surface area contributed by atoms with E-state index < -0.39 is 5.97 Å². The van der Waals surface area contributed by atoms with Gasteiger partial charge in [-0.1, -0.05) is 29.5 Å². The number of carboxylic acids is 1. The molecule has 0 amide bonds. The van der Waals surface area contributed by atoms with Crippen molar-refractivity contribution < 1.29 is 14.1 Å². The number of alkyl halides is 1. The van der Waals surface area contributed by atoms with Crippen LogP contribution in [0.3, 0.4) is 0 Å². The van der Waals surface area contributed by atoms with E-state index in [1.54, 1.807) is 0 Å². The zero-order valence-electron chi connectivity index (χ0n) is 7.57. The third kappa shape index (κ3) is 6.56. The summed E-state index contributed by atoms with van der Waals surface area (Å²) in [6.45, 7) is 2.08. The molecular formula is C8H15IO3S. The lowest BCUT2D eigenvalue weighted by atomic mass is 10.0. The molecule has 0 heterocycles. The van der Waals surface area contributed by atoms with Crippen LogP contribution in [0.2, 0.25) is 0 Å². The van der Waals surface area contributed by atoms with E-state index in [2.05, 4.69) is 42.4 Å². The van der Waals surface area contributed by atoms with E-state index in [0.29, 0.717) is 12.3 Å². The molecule has 3 nitrogen and oxygen atoms in total. The summed E-state index contributed by atoms with van der Waals surface area (Å²) in [6, 6.07) is 0. The molecule has 2 atom stereocenters. The molecule has 0 aliphatic heterocycles. The number of carboxylic acid groups (broad SMARTS) is 1. The molecule has 0 aromatic rings. The zero-order valence-corrected chi connectivity index (χ0v) is 10.6. The Morgan fingerprint density at radius 2 is 2.31 bits per heavy atom. The quantitative estimate of drug-likeness (QED) is 0.328. The van der Waals surface area contributed by atoms with Crippen molar-refractivity contribution in [2.45, 2.75) is 32.3 Å². The Balaban J connectivity index is 3.65. The summed E-state index contributed by atoms with van der Waals surface area (Å²) in [5, 5.41) is 8.43. The molecular weight excluding hydrogens is 303 g/mol. The molecule has 0 aromatic heterocycles.